The second kappa shape index (κ2) is 14.3. The highest BCUT2D eigenvalue weighted by atomic mass is 32.2. The SMILES string of the molecule is C=CCN(CCCCC)C(=O)C1N(CCCCCO)C(=O)[C@@H]2[C@H](C(=O)N(CC=C)Cc3ccccc3)[C@]3(C)CCC12S3. The summed E-state index contributed by atoms with van der Waals surface area (Å²) < 4.78 is -1.04. The minimum Gasteiger partial charge on any atom is -0.396 e. The number of thioether (sulfide) groups is 1. The highest BCUT2D eigenvalue weighted by molar-refractivity contribution is 8.02. The summed E-state index contributed by atoms with van der Waals surface area (Å²) in [7, 11) is 0. The smallest absolute Gasteiger partial charge is 0.247 e. The lowest BCUT2D eigenvalue weighted by Crippen LogP contribution is -2.55. The number of aliphatic hydroxyl groups excluding tert-OH is 1. The number of rotatable bonds is 17. The molecule has 3 amide bonds. The average Bonchev–Trinajstić information content (AvgIpc) is 3.55. The van der Waals surface area contributed by atoms with E-state index in [4.69, 9.17) is 0 Å². The number of nitrogens with zero attached hydrogens (tertiary/aromatic N) is 3. The Labute approximate surface area is 256 Å². The molecule has 4 rings (SSSR count). The molecule has 8 heteroatoms. The summed E-state index contributed by atoms with van der Waals surface area (Å²) in [5, 5.41) is 9.32. The minimum absolute atomic E-state index is 0.0129. The molecule has 0 radical (unpaired) electrons. The Bertz CT molecular complexity index is 1130. The van der Waals surface area contributed by atoms with Gasteiger partial charge in [0.25, 0.3) is 0 Å². The summed E-state index contributed by atoms with van der Waals surface area (Å²) >= 11 is 1.73. The third kappa shape index (κ3) is 6.21. The van der Waals surface area contributed by atoms with Gasteiger partial charge in [-0.3, -0.25) is 14.4 Å². The Morgan fingerprint density at radius 2 is 1.74 bits per heavy atom. The van der Waals surface area contributed by atoms with E-state index in [-0.39, 0.29) is 24.3 Å². The number of aliphatic hydroxyl groups is 1. The fraction of sp³-hybridized carbons (Fsp3) is 0.618. The largest absolute Gasteiger partial charge is 0.396 e. The fourth-order valence-electron chi connectivity index (χ4n) is 7.45. The molecule has 3 saturated heterocycles. The molecule has 2 unspecified atom stereocenters. The lowest BCUT2D eigenvalue weighted by Gasteiger charge is -2.38. The lowest BCUT2D eigenvalue weighted by molar-refractivity contribution is -0.146. The average molecular weight is 596 g/mol. The van der Waals surface area contributed by atoms with Gasteiger partial charge in [-0.15, -0.1) is 24.9 Å². The number of fused-ring (bicyclic) bond motifs is 1. The van der Waals surface area contributed by atoms with Gasteiger partial charge in [-0.25, -0.2) is 0 Å². The maximum absolute atomic E-state index is 14.5. The summed E-state index contributed by atoms with van der Waals surface area (Å²) in [4.78, 5) is 48.9. The predicted octanol–water partition coefficient (Wildman–Crippen LogP) is 5.05. The van der Waals surface area contributed by atoms with Gasteiger partial charge in [0.05, 0.1) is 16.6 Å². The molecule has 5 atom stereocenters. The van der Waals surface area contributed by atoms with Crippen molar-refractivity contribution in [2.45, 2.75) is 87.3 Å². The molecule has 0 aromatic heterocycles. The van der Waals surface area contributed by atoms with E-state index in [0.29, 0.717) is 45.6 Å². The molecule has 230 valence electrons. The molecule has 2 bridgehead atoms. The molecule has 7 nitrogen and oxygen atoms in total. The normalized spacial score (nSPS) is 27.6. The molecule has 1 spiro atoms. The van der Waals surface area contributed by atoms with Crippen LogP contribution in [0.3, 0.4) is 0 Å². The van der Waals surface area contributed by atoms with Gasteiger partial charge in [-0.1, -0.05) is 62.2 Å². The van der Waals surface area contributed by atoms with E-state index in [2.05, 4.69) is 27.0 Å². The maximum atomic E-state index is 14.5. The molecule has 1 N–H and O–H groups in total. The van der Waals surface area contributed by atoms with Crippen molar-refractivity contribution >= 4 is 29.5 Å². The molecule has 3 heterocycles. The van der Waals surface area contributed by atoms with Gasteiger partial charge in [-0.2, -0.15) is 0 Å². The Balaban J connectivity index is 1.70. The van der Waals surface area contributed by atoms with Crippen molar-refractivity contribution in [3.05, 3.63) is 61.2 Å². The van der Waals surface area contributed by atoms with Crippen molar-refractivity contribution < 1.29 is 19.5 Å². The molecule has 0 aliphatic carbocycles. The fourth-order valence-corrected chi connectivity index (χ4v) is 9.80. The van der Waals surface area contributed by atoms with Gasteiger partial charge in [0.15, 0.2) is 0 Å². The summed E-state index contributed by atoms with van der Waals surface area (Å²) in [5.41, 5.74) is 1.03. The summed E-state index contributed by atoms with van der Waals surface area (Å²) in [6, 6.07) is 9.32. The topological polar surface area (TPSA) is 81.2 Å². The first-order valence-corrected chi connectivity index (χ1v) is 16.5. The molecular formula is C34H49N3O4S. The number of benzene rings is 1. The van der Waals surface area contributed by atoms with Crippen molar-refractivity contribution in [3.63, 3.8) is 0 Å². The summed E-state index contributed by atoms with van der Waals surface area (Å²) in [5.74, 6) is -1.13. The molecule has 1 aromatic rings. The Kier molecular flexibility index (Phi) is 11.0. The first-order valence-electron chi connectivity index (χ1n) is 15.7. The standard InChI is InChI=1S/C34H49N3O4S/c1-5-8-13-22-35(20-6-2)32(41)29-34-19-18-33(4,42-34)27(28(34)31(40)37(29)23-14-10-15-24-38)30(39)36(21-7-3)25-26-16-11-9-12-17-26/h6-7,9,11-12,16-17,27-29,38H,2-3,5,8,10,13-15,18-25H2,1,4H3/t27-,28+,29?,33+,34?/m1/s1. The van der Waals surface area contributed by atoms with Crippen LogP contribution in [0.5, 0.6) is 0 Å². The van der Waals surface area contributed by atoms with Crippen LogP contribution in [0, 0.1) is 11.8 Å². The Hall–Kier alpha value is -2.58. The van der Waals surface area contributed by atoms with E-state index in [9.17, 15) is 19.5 Å². The van der Waals surface area contributed by atoms with Crippen molar-refractivity contribution in [2.24, 2.45) is 11.8 Å². The minimum atomic E-state index is -0.628. The molecule has 3 aliphatic heterocycles. The zero-order valence-corrected chi connectivity index (χ0v) is 26.3. The number of hydrogen-bond donors (Lipinski definition) is 1. The Morgan fingerprint density at radius 3 is 2.40 bits per heavy atom. The highest BCUT2D eigenvalue weighted by Gasteiger charge is 2.77. The van der Waals surface area contributed by atoms with Crippen molar-refractivity contribution in [1.82, 2.24) is 14.7 Å². The molecule has 3 aliphatic rings. The molecule has 42 heavy (non-hydrogen) atoms. The van der Waals surface area contributed by atoms with E-state index in [1.165, 1.54) is 0 Å². The molecule has 3 fully saturated rings. The van der Waals surface area contributed by atoms with Crippen LogP contribution in [0.25, 0.3) is 0 Å². The van der Waals surface area contributed by atoms with Crippen LogP contribution in [0.4, 0.5) is 0 Å². The second-order valence-corrected chi connectivity index (χ2v) is 14.2. The quantitative estimate of drug-likeness (QED) is 0.201. The van der Waals surface area contributed by atoms with E-state index in [1.807, 2.05) is 45.0 Å². The van der Waals surface area contributed by atoms with E-state index >= 15 is 0 Å². The number of likely N-dealkylation sites (tertiary alicyclic amines) is 1. The monoisotopic (exact) mass is 595 g/mol. The van der Waals surface area contributed by atoms with Crippen LogP contribution in [-0.2, 0) is 20.9 Å². The number of unbranched alkanes of at least 4 members (excludes halogenated alkanes) is 4. The number of carbonyl (C=O) groups excluding carboxylic acids is 3. The third-order valence-corrected chi connectivity index (χ3v) is 11.4. The van der Waals surface area contributed by atoms with Gasteiger partial charge in [0.2, 0.25) is 17.7 Å². The van der Waals surface area contributed by atoms with Gasteiger partial charge in [0.1, 0.15) is 6.04 Å². The Morgan fingerprint density at radius 1 is 1.02 bits per heavy atom. The zero-order valence-electron chi connectivity index (χ0n) is 25.5. The first kappa shape index (κ1) is 32.3. The molecular weight excluding hydrogens is 546 g/mol. The summed E-state index contributed by atoms with van der Waals surface area (Å²) in [6.45, 7) is 14.6. The number of hydrogen-bond acceptors (Lipinski definition) is 5. The second-order valence-electron chi connectivity index (χ2n) is 12.3. The van der Waals surface area contributed by atoms with Crippen LogP contribution in [-0.4, -0.2) is 85.8 Å². The van der Waals surface area contributed by atoms with Crippen molar-refractivity contribution in [3.8, 4) is 0 Å². The first-order chi connectivity index (χ1) is 20.3. The van der Waals surface area contributed by atoms with Crippen LogP contribution in [0.15, 0.2) is 55.6 Å². The van der Waals surface area contributed by atoms with Gasteiger partial charge < -0.3 is 19.8 Å². The molecule has 1 aromatic carbocycles. The lowest BCUT2D eigenvalue weighted by atomic mass is 9.66. The zero-order chi connectivity index (χ0) is 30.3. The number of amides is 3. The van der Waals surface area contributed by atoms with Gasteiger partial charge in [0, 0.05) is 44.1 Å². The van der Waals surface area contributed by atoms with E-state index in [0.717, 1.165) is 44.1 Å². The van der Waals surface area contributed by atoms with Crippen LogP contribution in [0.1, 0.15) is 70.8 Å². The van der Waals surface area contributed by atoms with Crippen LogP contribution >= 0.6 is 11.8 Å². The van der Waals surface area contributed by atoms with Gasteiger partial charge in [-0.05, 0) is 51.0 Å². The van der Waals surface area contributed by atoms with Crippen LogP contribution < -0.4 is 0 Å². The van der Waals surface area contributed by atoms with Crippen molar-refractivity contribution in [1.29, 1.82) is 0 Å². The molecule has 0 saturated carbocycles. The predicted molar refractivity (Wildman–Crippen MR) is 170 cm³/mol. The van der Waals surface area contributed by atoms with Crippen molar-refractivity contribution in [2.75, 3.05) is 32.8 Å². The summed E-state index contributed by atoms with van der Waals surface area (Å²) in [6.07, 6.45) is 10.2. The van der Waals surface area contributed by atoms with E-state index in [1.54, 1.807) is 23.9 Å². The third-order valence-electron chi connectivity index (χ3n) is 9.40. The number of carbonyl (C=O) groups is 3. The highest BCUT2D eigenvalue weighted by Crippen LogP contribution is 2.71. The van der Waals surface area contributed by atoms with E-state index < -0.39 is 27.4 Å². The maximum Gasteiger partial charge on any atom is 0.247 e. The van der Waals surface area contributed by atoms with Gasteiger partial charge >= 0.3 is 0 Å². The van der Waals surface area contributed by atoms with Crippen LogP contribution in [0.2, 0.25) is 0 Å².